The molecule has 0 saturated carbocycles. The molecule has 2 fully saturated rings. The number of hydrogen-bond acceptors (Lipinski definition) is 10. The van der Waals surface area contributed by atoms with E-state index in [2.05, 4.69) is 20.2 Å². The third kappa shape index (κ3) is 6.99. The fraction of sp³-hybridized carbons (Fsp3) is 0.400. The molecule has 1 amide bonds. The average Bonchev–Trinajstić information content (AvgIpc) is 3.02. The van der Waals surface area contributed by atoms with Gasteiger partial charge in [-0.15, -0.1) is 0 Å². The Morgan fingerprint density at radius 2 is 2.05 bits per heavy atom. The van der Waals surface area contributed by atoms with E-state index in [1.165, 1.54) is 19.1 Å². The number of aromatic nitrogens is 2. The van der Waals surface area contributed by atoms with Gasteiger partial charge in [0, 0.05) is 49.2 Å². The number of anilines is 3. The number of carbonyl (C=O) groups excluding carboxylic acids is 1. The van der Waals surface area contributed by atoms with Crippen LogP contribution in [0.3, 0.4) is 0 Å². The van der Waals surface area contributed by atoms with Gasteiger partial charge in [0.2, 0.25) is 0 Å². The highest BCUT2D eigenvalue weighted by Crippen LogP contribution is 2.34. The molecule has 11 nitrogen and oxygen atoms in total. The first kappa shape index (κ1) is 30.1. The van der Waals surface area contributed by atoms with Gasteiger partial charge in [-0.05, 0) is 55.5 Å². The van der Waals surface area contributed by atoms with E-state index < -0.39 is 30.6 Å². The maximum atomic E-state index is 14.9. The fourth-order valence-electron chi connectivity index (χ4n) is 5.06. The lowest BCUT2D eigenvalue weighted by molar-refractivity contribution is -0.165. The largest absolute Gasteiger partial charge is 0.483 e. The van der Waals surface area contributed by atoms with E-state index in [0.717, 1.165) is 22.8 Å². The summed E-state index contributed by atoms with van der Waals surface area (Å²) in [7, 11) is 0. The van der Waals surface area contributed by atoms with E-state index in [4.69, 9.17) is 9.47 Å². The van der Waals surface area contributed by atoms with Gasteiger partial charge in [-0.25, -0.2) is 18.7 Å². The van der Waals surface area contributed by atoms with E-state index in [1.54, 1.807) is 18.3 Å². The molecule has 43 heavy (non-hydrogen) atoms. The van der Waals surface area contributed by atoms with Gasteiger partial charge in [0.15, 0.2) is 11.9 Å². The number of hydrogen-bond donors (Lipinski definition) is 3. The van der Waals surface area contributed by atoms with Gasteiger partial charge >= 0.3 is 5.92 Å². The van der Waals surface area contributed by atoms with E-state index >= 15 is 0 Å². The summed E-state index contributed by atoms with van der Waals surface area (Å²) in [6, 6.07) is 16.0. The van der Waals surface area contributed by atoms with Crippen LogP contribution in [0.15, 0.2) is 54.7 Å². The first-order chi connectivity index (χ1) is 20.7. The number of nitrogens with one attached hydrogen (secondary N) is 1. The fourth-order valence-corrected chi connectivity index (χ4v) is 5.06. The van der Waals surface area contributed by atoms with Crippen LogP contribution in [0.4, 0.5) is 26.0 Å². The maximum absolute atomic E-state index is 14.9. The van der Waals surface area contributed by atoms with Gasteiger partial charge < -0.3 is 34.8 Å². The molecule has 2 aromatic carbocycles. The highest BCUT2D eigenvalue weighted by atomic mass is 19.3. The number of halogens is 2. The monoisotopic (exact) mass is 594 g/mol. The molecule has 226 valence electrons. The molecule has 3 aromatic rings. The van der Waals surface area contributed by atoms with Crippen molar-refractivity contribution in [3.8, 4) is 23.2 Å². The van der Waals surface area contributed by atoms with Crippen LogP contribution in [0.25, 0.3) is 11.4 Å². The molecule has 3 heterocycles. The number of piperidine rings is 1. The molecule has 5 rings (SSSR count). The number of morpholine rings is 1. The Labute approximate surface area is 247 Å². The average molecular weight is 595 g/mol. The summed E-state index contributed by atoms with van der Waals surface area (Å²) in [5.74, 6) is -3.31. The number of aliphatic hydroxyl groups is 2. The summed E-state index contributed by atoms with van der Waals surface area (Å²) < 4.78 is 40.8. The number of likely N-dealkylation sites (tertiary alicyclic amines) is 1. The number of carbonyl (C=O) groups is 1. The van der Waals surface area contributed by atoms with Crippen LogP contribution in [0.1, 0.15) is 18.9 Å². The van der Waals surface area contributed by atoms with Crippen LogP contribution in [-0.2, 0) is 9.53 Å². The molecular formula is C30H32F2N6O5. The molecular weight excluding hydrogens is 562 g/mol. The first-order valence-electron chi connectivity index (χ1n) is 13.9. The van der Waals surface area contributed by atoms with Crippen LogP contribution >= 0.6 is 0 Å². The van der Waals surface area contributed by atoms with Gasteiger partial charge in [-0.1, -0.05) is 0 Å². The summed E-state index contributed by atoms with van der Waals surface area (Å²) in [6.45, 7) is 2.22. The molecule has 2 aliphatic heterocycles. The molecule has 2 saturated heterocycles. The second-order valence-corrected chi connectivity index (χ2v) is 10.5. The van der Waals surface area contributed by atoms with Crippen molar-refractivity contribution in [3.05, 3.63) is 60.3 Å². The van der Waals surface area contributed by atoms with E-state index in [9.17, 15) is 29.1 Å². The van der Waals surface area contributed by atoms with Gasteiger partial charge in [-0.2, -0.15) is 5.26 Å². The lowest BCUT2D eigenvalue weighted by Gasteiger charge is -2.38. The number of ether oxygens (including phenoxy) is 2. The van der Waals surface area contributed by atoms with E-state index in [-0.39, 0.29) is 37.0 Å². The quantitative estimate of drug-likeness (QED) is 0.356. The standard InChI is InChI=1S/C30H32F2N6O5/c1-19(40)29(41)38-11-9-26(30(31,32)18-38)43-25-7-2-20(14-21(25)15-33)28-34-10-8-27(36-28)35-22-3-5-23(6-4-22)37-12-13-42-24(16-37)17-39/h2-8,10,14,19,24,26,39-40H,9,11-13,16-18H2,1H3,(H,34,35,36)/t19-,24+,26-/m0/s1. The van der Waals surface area contributed by atoms with Gasteiger partial charge in [0.25, 0.3) is 5.91 Å². The molecule has 0 radical (unpaired) electrons. The van der Waals surface area contributed by atoms with Crippen molar-refractivity contribution < 1.29 is 33.3 Å². The van der Waals surface area contributed by atoms with Crippen molar-refractivity contribution in [3.63, 3.8) is 0 Å². The van der Waals surface area contributed by atoms with Crippen molar-refractivity contribution in [2.24, 2.45) is 0 Å². The predicted octanol–water partition coefficient (Wildman–Crippen LogP) is 2.95. The summed E-state index contributed by atoms with van der Waals surface area (Å²) in [5, 5.41) is 31.8. The maximum Gasteiger partial charge on any atom is 0.301 e. The molecule has 0 unspecified atom stereocenters. The molecule has 2 aliphatic rings. The van der Waals surface area contributed by atoms with Crippen LogP contribution in [0.2, 0.25) is 0 Å². The Morgan fingerprint density at radius 3 is 2.74 bits per heavy atom. The normalized spacial score (nSPS) is 20.7. The number of rotatable bonds is 8. The Kier molecular flexibility index (Phi) is 9.00. The van der Waals surface area contributed by atoms with Crippen molar-refractivity contribution >= 4 is 23.1 Å². The van der Waals surface area contributed by atoms with Crippen LogP contribution in [0, 0.1) is 11.3 Å². The zero-order chi connectivity index (χ0) is 30.6. The van der Waals surface area contributed by atoms with E-state index in [1.807, 2.05) is 30.3 Å². The number of alkyl halides is 2. The minimum atomic E-state index is -3.38. The summed E-state index contributed by atoms with van der Waals surface area (Å²) in [4.78, 5) is 23.9. The van der Waals surface area contributed by atoms with Crippen LogP contribution < -0.4 is 15.0 Å². The zero-order valence-corrected chi connectivity index (χ0v) is 23.5. The molecule has 3 N–H and O–H groups in total. The Balaban J connectivity index is 1.26. The van der Waals surface area contributed by atoms with Crippen LogP contribution in [0.5, 0.6) is 5.75 Å². The lowest BCUT2D eigenvalue weighted by Crippen LogP contribution is -2.56. The predicted molar refractivity (Wildman–Crippen MR) is 153 cm³/mol. The summed E-state index contributed by atoms with van der Waals surface area (Å²) >= 11 is 0. The molecule has 3 atom stereocenters. The van der Waals surface area contributed by atoms with Crippen molar-refractivity contribution in [2.45, 2.75) is 37.6 Å². The lowest BCUT2D eigenvalue weighted by atomic mass is 10.0. The minimum Gasteiger partial charge on any atom is -0.483 e. The van der Waals surface area contributed by atoms with E-state index in [0.29, 0.717) is 30.4 Å². The van der Waals surface area contributed by atoms with Gasteiger partial charge in [0.05, 0.1) is 31.4 Å². The number of amides is 1. The molecule has 0 bridgehead atoms. The van der Waals surface area contributed by atoms with Crippen LogP contribution in [-0.4, -0.2) is 94.6 Å². The van der Waals surface area contributed by atoms with Gasteiger partial charge in [-0.3, -0.25) is 4.79 Å². The minimum absolute atomic E-state index is 0.00227. The Hall–Kier alpha value is -4.38. The van der Waals surface area contributed by atoms with Gasteiger partial charge in [0.1, 0.15) is 23.7 Å². The number of nitrogens with zero attached hydrogens (tertiary/aromatic N) is 5. The molecule has 1 aromatic heterocycles. The molecule has 0 spiro atoms. The number of aliphatic hydroxyl groups excluding tert-OH is 2. The third-order valence-corrected chi connectivity index (χ3v) is 7.33. The van der Waals surface area contributed by atoms with Crippen molar-refractivity contribution in [1.29, 1.82) is 5.26 Å². The summed E-state index contributed by atoms with van der Waals surface area (Å²) in [6.07, 6.45) is -1.71. The smallest absolute Gasteiger partial charge is 0.301 e. The molecule has 13 heteroatoms. The number of benzene rings is 2. The second kappa shape index (κ2) is 12.9. The SMILES string of the molecule is C[C@H](O)C(=O)N1CC[C@H](Oc2ccc(-c3nccc(Nc4ccc(N5CCO[C@@H](CO)C5)cc4)n3)cc2C#N)C(F)(F)C1. The van der Waals surface area contributed by atoms with Crippen molar-refractivity contribution in [2.75, 3.05) is 49.6 Å². The first-order valence-corrected chi connectivity index (χ1v) is 13.9. The Bertz CT molecular complexity index is 1480. The summed E-state index contributed by atoms with van der Waals surface area (Å²) in [5.41, 5.74) is 2.35. The molecule has 0 aliphatic carbocycles. The van der Waals surface area contributed by atoms with Crippen molar-refractivity contribution in [1.82, 2.24) is 14.9 Å². The highest BCUT2D eigenvalue weighted by Gasteiger charge is 2.48. The second-order valence-electron chi connectivity index (χ2n) is 10.5. The highest BCUT2D eigenvalue weighted by molar-refractivity contribution is 5.80. The zero-order valence-electron chi connectivity index (χ0n) is 23.5. The third-order valence-electron chi connectivity index (χ3n) is 7.33. The number of nitriles is 1. The topological polar surface area (TPSA) is 144 Å². The Morgan fingerprint density at radius 1 is 1.26 bits per heavy atom.